The van der Waals surface area contributed by atoms with Crippen LogP contribution in [0.4, 0.5) is 10.5 Å². The Morgan fingerprint density at radius 1 is 1.24 bits per heavy atom. The molecule has 1 aromatic rings. The third-order valence-electron chi connectivity index (χ3n) is 4.85. The Hall–Kier alpha value is -1.79. The van der Waals surface area contributed by atoms with Gasteiger partial charge in [0.2, 0.25) is 0 Å². The van der Waals surface area contributed by atoms with Crippen molar-refractivity contribution in [3.63, 3.8) is 0 Å². The van der Waals surface area contributed by atoms with E-state index in [9.17, 15) is 4.79 Å². The van der Waals surface area contributed by atoms with Crippen molar-refractivity contribution in [1.82, 2.24) is 15.1 Å². The monoisotopic (exact) mass is 348 g/mol. The zero-order valence-corrected chi connectivity index (χ0v) is 16.1. The van der Waals surface area contributed by atoms with Crippen LogP contribution in [0.15, 0.2) is 18.2 Å². The van der Waals surface area contributed by atoms with Gasteiger partial charge in [-0.3, -0.25) is 4.90 Å². The number of benzene rings is 1. The van der Waals surface area contributed by atoms with Crippen molar-refractivity contribution in [2.24, 2.45) is 5.92 Å². The number of nitrogens with zero attached hydrogens (tertiary/aromatic N) is 2. The minimum Gasteiger partial charge on any atom is -0.495 e. The summed E-state index contributed by atoms with van der Waals surface area (Å²) in [5.74, 6) is 1.15. The number of amides is 2. The number of carbonyl (C=O) groups excluding carboxylic acids is 1. The third-order valence-corrected chi connectivity index (χ3v) is 4.85. The van der Waals surface area contributed by atoms with Gasteiger partial charge in [0.1, 0.15) is 5.75 Å². The van der Waals surface area contributed by atoms with Crippen LogP contribution in [0.3, 0.4) is 0 Å². The van der Waals surface area contributed by atoms with E-state index >= 15 is 0 Å². The van der Waals surface area contributed by atoms with Gasteiger partial charge in [-0.15, -0.1) is 0 Å². The summed E-state index contributed by atoms with van der Waals surface area (Å²) in [7, 11) is 3.76. The fraction of sp³-hybridized carbons (Fsp3) is 0.632. The number of methoxy groups -OCH3 is 1. The molecule has 0 bridgehead atoms. The summed E-state index contributed by atoms with van der Waals surface area (Å²) in [4.78, 5) is 17.2. The molecule has 6 nitrogen and oxygen atoms in total. The van der Waals surface area contributed by atoms with Gasteiger partial charge in [0.05, 0.1) is 12.8 Å². The topological polar surface area (TPSA) is 56.8 Å². The molecular weight excluding hydrogens is 316 g/mol. The number of likely N-dealkylation sites (N-methyl/N-ethyl adjacent to an activating group) is 1. The molecule has 6 heteroatoms. The fourth-order valence-electron chi connectivity index (χ4n) is 3.22. The van der Waals surface area contributed by atoms with E-state index in [0.717, 1.165) is 31.7 Å². The predicted molar refractivity (Wildman–Crippen MR) is 102 cm³/mol. The van der Waals surface area contributed by atoms with Gasteiger partial charge in [0.15, 0.2) is 0 Å². The Balaban J connectivity index is 1.92. The van der Waals surface area contributed by atoms with Gasteiger partial charge in [-0.2, -0.15) is 0 Å². The molecule has 1 fully saturated rings. The Kier molecular flexibility index (Phi) is 7.08. The van der Waals surface area contributed by atoms with E-state index in [1.165, 1.54) is 0 Å². The number of hydrogen-bond donors (Lipinski definition) is 2. The van der Waals surface area contributed by atoms with Crippen LogP contribution in [0.5, 0.6) is 5.75 Å². The lowest BCUT2D eigenvalue weighted by atomic mass is 10.0. The molecule has 1 heterocycles. The van der Waals surface area contributed by atoms with Crippen LogP contribution in [-0.4, -0.2) is 68.8 Å². The highest BCUT2D eigenvalue weighted by atomic mass is 16.5. The van der Waals surface area contributed by atoms with E-state index in [2.05, 4.69) is 41.3 Å². The summed E-state index contributed by atoms with van der Waals surface area (Å²) in [5.41, 5.74) is 1.77. The first-order valence-corrected chi connectivity index (χ1v) is 9.02. The lowest BCUT2D eigenvalue weighted by Crippen LogP contribution is -2.54. The molecule has 1 aromatic carbocycles. The van der Waals surface area contributed by atoms with Gasteiger partial charge < -0.3 is 20.3 Å². The van der Waals surface area contributed by atoms with Crippen LogP contribution < -0.4 is 15.4 Å². The molecule has 2 amide bonds. The molecule has 1 aliphatic rings. The summed E-state index contributed by atoms with van der Waals surface area (Å²) < 4.78 is 5.31. The van der Waals surface area contributed by atoms with Crippen LogP contribution in [0.25, 0.3) is 0 Å². The number of urea groups is 1. The molecule has 1 unspecified atom stereocenters. The number of piperazine rings is 1. The Bertz CT molecular complexity index is 569. The van der Waals surface area contributed by atoms with Crippen LogP contribution in [0.1, 0.15) is 19.4 Å². The molecule has 1 saturated heterocycles. The third kappa shape index (κ3) is 5.61. The van der Waals surface area contributed by atoms with E-state index in [1.54, 1.807) is 7.11 Å². The maximum Gasteiger partial charge on any atom is 0.319 e. The first kappa shape index (κ1) is 19.5. The molecule has 2 rings (SSSR count). The molecule has 0 saturated carbocycles. The number of anilines is 1. The highest BCUT2D eigenvalue weighted by molar-refractivity contribution is 5.91. The molecule has 0 aliphatic carbocycles. The maximum absolute atomic E-state index is 12.3. The minimum atomic E-state index is -0.191. The second-order valence-electron chi connectivity index (χ2n) is 7.19. The molecule has 0 aromatic heterocycles. The van der Waals surface area contributed by atoms with E-state index in [1.807, 2.05) is 25.1 Å². The average molecular weight is 348 g/mol. The number of aryl methyl sites for hydroxylation is 1. The molecule has 140 valence electrons. The van der Waals surface area contributed by atoms with Crippen molar-refractivity contribution in [1.29, 1.82) is 0 Å². The first-order chi connectivity index (χ1) is 11.9. The van der Waals surface area contributed by atoms with Crippen LogP contribution in [-0.2, 0) is 0 Å². The molecule has 2 N–H and O–H groups in total. The van der Waals surface area contributed by atoms with Crippen molar-refractivity contribution >= 4 is 11.7 Å². The number of hydrogen-bond acceptors (Lipinski definition) is 4. The van der Waals surface area contributed by atoms with Crippen LogP contribution in [0.2, 0.25) is 0 Å². The van der Waals surface area contributed by atoms with Crippen molar-refractivity contribution in [2.75, 3.05) is 52.2 Å². The smallest absolute Gasteiger partial charge is 0.319 e. The van der Waals surface area contributed by atoms with Gasteiger partial charge >= 0.3 is 6.03 Å². The number of rotatable bonds is 6. The van der Waals surface area contributed by atoms with E-state index in [0.29, 0.717) is 29.9 Å². The Morgan fingerprint density at radius 2 is 1.92 bits per heavy atom. The van der Waals surface area contributed by atoms with E-state index in [4.69, 9.17) is 4.74 Å². The zero-order chi connectivity index (χ0) is 18.4. The van der Waals surface area contributed by atoms with Crippen molar-refractivity contribution < 1.29 is 9.53 Å². The Labute approximate surface area is 151 Å². The van der Waals surface area contributed by atoms with Crippen LogP contribution in [0, 0.1) is 12.8 Å². The van der Waals surface area contributed by atoms with Crippen LogP contribution >= 0.6 is 0 Å². The lowest BCUT2D eigenvalue weighted by Gasteiger charge is -2.39. The summed E-state index contributed by atoms with van der Waals surface area (Å²) in [6.45, 7) is 11.3. The second-order valence-corrected chi connectivity index (χ2v) is 7.19. The molecule has 1 atom stereocenters. The zero-order valence-electron chi connectivity index (χ0n) is 16.1. The van der Waals surface area contributed by atoms with Gasteiger partial charge in [-0.25, -0.2) is 4.79 Å². The number of carbonyl (C=O) groups is 1. The second kappa shape index (κ2) is 9.06. The molecule has 0 spiro atoms. The molecule has 25 heavy (non-hydrogen) atoms. The summed E-state index contributed by atoms with van der Waals surface area (Å²) in [6.07, 6.45) is 0. The molecule has 0 radical (unpaired) electrons. The fourth-order valence-corrected chi connectivity index (χ4v) is 3.22. The van der Waals surface area contributed by atoms with Gasteiger partial charge in [-0.05, 0) is 37.6 Å². The SMILES string of the molecule is COc1ccc(C)cc1NC(=O)NCC(C(C)C)N1CCN(C)CC1. The lowest BCUT2D eigenvalue weighted by molar-refractivity contribution is 0.0890. The summed E-state index contributed by atoms with van der Waals surface area (Å²) in [5, 5.41) is 5.94. The van der Waals surface area contributed by atoms with E-state index < -0.39 is 0 Å². The maximum atomic E-state index is 12.3. The molecule has 1 aliphatic heterocycles. The summed E-state index contributed by atoms with van der Waals surface area (Å²) >= 11 is 0. The minimum absolute atomic E-state index is 0.191. The van der Waals surface area contributed by atoms with Gasteiger partial charge in [-0.1, -0.05) is 19.9 Å². The van der Waals surface area contributed by atoms with E-state index in [-0.39, 0.29) is 6.03 Å². The standard InChI is InChI=1S/C19H32N4O2/c1-14(2)17(23-10-8-22(4)9-11-23)13-20-19(24)21-16-12-15(3)6-7-18(16)25-5/h6-7,12,14,17H,8-11,13H2,1-5H3,(H2,20,21,24). The van der Waals surface area contributed by atoms with Gasteiger partial charge in [0.25, 0.3) is 0 Å². The highest BCUT2D eigenvalue weighted by Crippen LogP contribution is 2.25. The van der Waals surface area contributed by atoms with Gasteiger partial charge in [0, 0.05) is 38.8 Å². The van der Waals surface area contributed by atoms with Crippen molar-refractivity contribution in [2.45, 2.75) is 26.8 Å². The Morgan fingerprint density at radius 3 is 2.52 bits per heavy atom. The molecular formula is C19H32N4O2. The predicted octanol–water partition coefficient (Wildman–Crippen LogP) is 2.40. The average Bonchev–Trinajstić information content (AvgIpc) is 2.56. The van der Waals surface area contributed by atoms with Crippen molar-refractivity contribution in [3.8, 4) is 5.75 Å². The van der Waals surface area contributed by atoms with Crippen molar-refractivity contribution in [3.05, 3.63) is 23.8 Å². The highest BCUT2D eigenvalue weighted by Gasteiger charge is 2.25. The number of nitrogens with one attached hydrogen (secondary N) is 2. The quantitative estimate of drug-likeness (QED) is 0.829. The first-order valence-electron chi connectivity index (χ1n) is 9.02. The largest absolute Gasteiger partial charge is 0.495 e. The summed E-state index contributed by atoms with van der Waals surface area (Å²) in [6, 6.07) is 5.90. The number of ether oxygens (including phenoxy) is 1. The normalized spacial score (nSPS) is 17.4.